The van der Waals surface area contributed by atoms with E-state index in [4.69, 9.17) is 29.0 Å². The van der Waals surface area contributed by atoms with Crippen molar-refractivity contribution < 1.29 is 26.7 Å². The maximum absolute atomic E-state index is 9.31. The van der Waals surface area contributed by atoms with Crippen LogP contribution in [0.4, 0.5) is 0 Å². The van der Waals surface area contributed by atoms with Crippen LogP contribution in [0.5, 0.6) is 0 Å². The first kappa shape index (κ1) is 20.3. The van der Waals surface area contributed by atoms with Gasteiger partial charge in [0, 0.05) is 0 Å². The monoisotopic (exact) mass is 276 g/mol. The molecule has 0 saturated heterocycles. The average Bonchev–Trinajstić information content (AvgIpc) is 2.05. The van der Waals surface area contributed by atoms with E-state index in [2.05, 4.69) is 11.3 Å². The zero-order valence-corrected chi connectivity index (χ0v) is 10.0. The molecule has 15 heavy (non-hydrogen) atoms. The van der Waals surface area contributed by atoms with Gasteiger partial charge in [-0.1, -0.05) is 0 Å². The molecule has 0 unspecified atom stereocenters. The van der Waals surface area contributed by atoms with Crippen LogP contribution in [0.25, 0.3) is 0 Å². The van der Waals surface area contributed by atoms with Crippen LogP contribution in [-0.2, 0) is 19.5 Å². The fourth-order valence-electron chi connectivity index (χ4n) is 0.0745. The van der Waals surface area contributed by atoms with Crippen molar-refractivity contribution in [2.24, 2.45) is 11.5 Å². The Morgan fingerprint density at radius 3 is 1.20 bits per heavy atom. The zero-order valence-electron chi connectivity index (χ0n) is 7.40. The Kier molecular flexibility index (Phi) is 21.9. The van der Waals surface area contributed by atoms with Crippen molar-refractivity contribution >= 4 is 26.2 Å². The van der Waals surface area contributed by atoms with E-state index in [-0.39, 0.29) is 28.9 Å². The van der Waals surface area contributed by atoms with Crippen LogP contribution in [0.3, 0.4) is 0 Å². The molecule has 0 fully saturated rings. The molecule has 0 rings (SSSR count). The molecular weight excluding hydrogens is 266 g/mol. The van der Waals surface area contributed by atoms with E-state index < -0.39 is 10.4 Å². The molecule has 0 aromatic rings. The first-order valence-electron chi connectivity index (χ1n) is 3.03. The fourth-order valence-corrected chi connectivity index (χ4v) is 0.224. The Hall–Kier alpha value is -0.190. The van der Waals surface area contributed by atoms with Gasteiger partial charge < -0.3 is 0 Å². The molecule has 0 bridgehead atoms. The Morgan fingerprint density at radius 1 is 1.00 bits per heavy atom. The second kappa shape index (κ2) is 16.2. The van der Waals surface area contributed by atoms with Crippen LogP contribution in [0.15, 0.2) is 0 Å². The largest absolute Gasteiger partial charge is 0.394 e. The van der Waals surface area contributed by atoms with Crippen molar-refractivity contribution in [2.75, 3.05) is 13.1 Å². The van der Waals surface area contributed by atoms with Crippen molar-refractivity contribution in [3.05, 3.63) is 0 Å². The Balaban J connectivity index is -0.000000144. The van der Waals surface area contributed by atoms with Crippen molar-refractivity contribution in [3.63, 3.8) is 0 Å². The van der Waals surface area contributed by atoms with Crippen LogP contribution < -0.4 is 11.5 Å². The minimum absolute atomic E-state index is 0.0953. The van der Waals surface area contributed by atoms with Crippen LogP contribution in [0.2, 0.25) is 0 Å². The van der Waals surface area contributed by atoms with Gasteiger partial charge >= 0.3 is 71.2 Å². The summed E-state index contributed by atoms with van der Waals surface area (Å²) < 4.78 is 50.2. The molecule has 0 amide bonds. The number of hydrogen-bond donors (Lipinski definition) is 4. The summed E-state index contributed by atoms with van der Waals surface area (Å²) in [5.41, 5.74) is 14.3. The standard InChI is InChI=1S/2C2H4NOP.H2O4S/c2*3-1-2-5-4;1-5(2,3)4/h2*1,3H2;(H2,1,2,3,4). The molecule has 0 aliphatic heterocycles. The molecule has 0 aliphatic carbocycles. The normalized spacial score (nSPS) is 7.73. The van der Waals surface area contributed by atoms with Crippen LogP contribution in [0.1, 0.15) is 0 Å². The van der Waals surface area contributed by atoms with E-state index in [1.54, 1.807) is 0 Å². The number of nitrogens with two attached hydrogens (primary N) is 2. The van der Waals surface area contributed by atoms with Gasteiger partial charge in [0.25, 0.3) is 0 Å². The molecule has 0 aromatic carbocycles. The van der Waals surface area contributed by atoms with Crippen molar-refractivity contribution in [2.45, 2.75) is 0 Å². The van der Waals surface area contributed by atoms with Gasteiger partial charge in [-0.3, -0.25) is 9.11 Å². The molecule has 0 heterocycles. The third-order valence-corrected chi connectivity index (χ3v) is 0.935. The summed E-state index contributed by atoms with van der Waals surface area (Å²) in [6.07, 6.45) is 0. The molecule has 0 spiro atoms. The SMILES string of the molecule is NCC#P=O.NCC#P=O.O=S(=O)(O)O. The smallest absolute Gasteiger partial charge is 0.264 e. The zero-order chi connectivity index (χ0) is 12.7. The second-order valence-corrected chi connectivity index (χ2v) is 3.25. The van der Waals surface area contributed by atoms with Gasteiger partial charge in [0.2, 0.25) is 0 Å². The molecule has 0 aromatic heterocycles. The molecule has 0 radical (unpaired) electrons. The van der Waals surface area contributed by atoms with Crippen LogP contribution in [-0.4, -0.2) is 30.6 Å². The van der Waals surface area contributed by atoms with E-state index in [0.717, 1.165) is 0 Å². The van der Waals surface area contributed by atoms with Gasteiger partial charge in [-0.15, -0.1) is 0 Å². The summed E-state index contributed by atoms with van der Waals surface area (Å²) in [6, 6.07) is 0. The summed E-state index contributed by atoms with van der Waals surface area (Å²) >= 11 is 0. The molecule has 11 heteroatoms. The number of hydrogen-bond acceptors (Lipinski definition) is 6. The molecule has 6 N–H and O–H groups in total. The molecule has 88 valence electrons. The summed E-state index contributed by atoms with van der Waals surface area (Å²) in [4.78, 5) is 0. The summed E-state index contributed by atoms with van der Waals surface area (Å²) in [7, 11) is -4.86. The third kappa shape index (κ3) is 133. The predicted octanol–water partition coefficient (Wildman–Crippen LogP) is -0.261. The van der Waals surface area contributed by atoms with E-state index in [0.29, 0.717) is 0 Å². The van der Waals surface area contributed by atoms with Gasteiger partial charge in [-0.25, -0.2) is 0 Å². The van der Waals surface area contributed by atoms with E-state index >= 15 is 0 Å². The van der Waals surface area contributed by atoms with Gasteiger partial charge in [-0.05, 0) is 0 Å². The van der Waals surface area contributed by atoms with Gasteiger partial charge in [0.05, 0.1) is 0 Å². The predicted molar refractivity (Wildman–Crippen MR) is 55.3 cm³/mol. The summed E-state index contributed by atoms with van der Waals surface area (Å²) in [5.74, 6) is 0. The number of rotatable bonds is 0. The second-order valence-electron chi connectivity index (χ2n) is 1.35. The molecule has 0 atom stereocenters. The van der Waals surface area contributed by atoms with Crippen molar-refractivity contribution in [1.82, 2.24) is 0 Å². The van der Waals surface area contributed by atoms with Crippen LogP contribution in [0, 0.1) is 11.3 Å². The summed E-state index contributed by atoms with van der Waals surface area (Å²) in [6.45, 7) is 0.538. The van der Waals surface area contributed by atoms with Gasteiger partial charge in [-0.2, -0.15) is 8.42 Å². The fraction of sp³-hybridized carbons (Fsp3) is 0.500. The first-order chi connectivity index (χ1) is 6.83. The quantitative estimate of drug-likeness (QED) is 0.347. The van der Waals surface area contributed by atoms with E-state index in [1.807, 2.05) is 0 Å². The Labute approximate surface area is 89.2 Å². The van der Waals surface area contributed by atoms with Gasteiger partial charge in [0.1, 0.15) is 0 Å². The maximum Gasteiger partial charge on any atom is 0.394 e. The van der Waals surface area contributed by atoms with Crippen molar-refractivity contribution in [1.29, 1.82) is 0 Å². The molecule has 0 aliphatic rings. The van der Waals surface area contributed by atoms with E-state index in [1.165, 1.54) is 0 Å². The molecular formula is C4H10N2O6P2S. The Morgan fingerprint density at radius 2 is 1.20 bits per heavy atom. The van der Waals surface area contributed by atoms with Crippen LogP contribution >= 0.6 is 15.8 Å². The van der Waals surface area contributed by atoms with Gasteiger partial charge in [0.15, 0.2) is 0 Å². The minimum atomic E-state index is -4.67. The average molecular weight is 276 g/mol. The van der Waals surface area contributed by atoms with Crippen molar-refractivity contribution in [3.8, 4) is 11.3 Å². The summed E-state index contributed by atoms with van der Waals surface area (Å²) in [5, 5.41) is 0. The molecule has 8 nitrogen and oxygen atoms in total. The van der Waals surface area contributed by atoms with E-state index in [9.17, 15) is 9.13 Å². The third-order valence-electron chi connectivity index (χ3n) is 0.312. The maximum atomic E-state index is 9.31. The molecule has 0 saturated carbocycles. The minimum Gasteiger partial charge on any atom is -0.264 e. The Bertz CT molecular complexity index is 386. The first-order valence-corrected chi connectivity index (χ1v) is 6.06. The topological polar surface area (TPSA) is 161 Å².